The Morgan fingerprint density at radius 3 is 2.17 bits per heavy atom. The van der Waals surface area contributed by atoms with Crippen molar-refractivity contribution in [2.24, 2.45) is 0 Å². The molecule has 2 aromatic carbocycles. The lowest BCUT2D eigenvalue weighted by atomic mass is 9.82. The highest BCUT2D eigenvalue weighted by molar-refractivity contribution is 6.20. The first kappa shape index (κ1) is 22.2. The molecule has 1 N–H and O–H groups in total. The van der Waals surface area contributed by atoms with Gasteiger partial charge in [-0.1, -0.05) is 36.4 Å². The quantitative estimate of drug-likeness (QED) is 0.472. The molecule has 30 heavy (non-hydrogen) atoms. The van der Waals surface area contributed by atoms with Crippen LogP contribution in [0.25, 0.3) is 6.08 Å². The summed E-state index contributed by atoms with van der Waals surface area (Å²) in [5.41, 5.74) is 1.97. The number of ketones is 2. The number of nitrogens with zero attached hydrogens (tertiary/aromatic N) is 2. The molecular weight excluding hydrogens is 491 g/mol. The lowest BCUT2D eigenvalue weighted by molar-refractivity contribution is -0.538. The summed E-state index contributed by atoms with van der Waals surface area (Å²) in [5.74, 6) is 1.10. The summed E-state index contributed by atoms with van der Waals surface area (Å²) < 4.78 is 2.04. The monoisotopic (exact) mass is 516 g/mol. The minimum atomic E-state index is -0.517. The van der Waals surface area contributed by atoms with Gasteiger partial charge in [-0.3, -0.25) is 9.59 Å². The Kier molecular flexibility index (Phi) is 6.45. The molecule has 0 bridgehead atoms. The second-order valence-corrected chi connectivity index (χ2v) is 7.73. The largest absolute Gasteiger partial charge is 1.00 e. The number of hydrogen-bond acceptors (Lipinski definition) is 4. The number of benzene rings is 2. The zero-order valence-electron chi connectivity index (χ0n) is 17.2. The number of phenolic OH excluding ortho intramolecular Hbond substituents is 1. The number of likely N-dealkylation sites (N-methyl/N-ethyl adjacent to an activating group) is 1. The SMILES string of the molecule is CC[N+]1=C(/C=C/c2ccc(O)cc2)N(C(C)C)C2C(=O)c3ccccc3C(=O)C21.[I-]. The van der Waals surface area contributed by atoms with Crippen molar-refractivity contribution in [2.75, 3.05) is 6.54 Å². The second kappa shape index (κ2) is 8.71. The molecule has 0 fully saturated rings. The molecule has 1 aliphatic heterocycles. The van der Waals surface area contributed by atoms with Crippen LogP contribution in [0.5, 0.6) is 5.75 Å². The van der Waals surface area contributed by atoms with E-state index in [1.807, 2.05) is 61.8 Å². The van der Waals surface area contributed by atoms with Gasteiger partial charge in [-0.15, -0.1) is 0 Å². The number of hydrogen-bond donors (Lipinski definition) is 1. The fourth-order valence-electron chi connectivity index (χ4n) is 4.42. The molecule has 2 atom stereocenters. The van der Waals surface area contributed by atoms with Crippen LogP contribution in [0.1, 0.15) is 47.1 Å². The minimum Gasteiger partial charge on any atom is -1.00 e. The third-order valence-corrected chi connectivity index (χ3v) is 5.70. The van der Waals surface area contributed by atoms with E-state index in [1.54, 1.807) is 24.3 Å². The number of carbonyl (C=O) groups excluding carboxylic acids is 2. The van der Waals surface area contributed by atoms with Crippen molar-refractivity contribution >= 4 is 23.5 Å². The summed E-state index contributed by atoms with van der Waals surface area (Å²) in [4.78, 5) is 28.8. The highest BCUT2D eigenvalue weighted by Crippen LogP contribution is 2.32. The van der Waals surface area contributed by atoms with E-state index in [9.17, 15) is 14.7 Å². The van der Waals surface area contributed by atoms with Crippen molar-refractivity contribution in [3.05, 3.63) is 71.3 Å². The van der Waals surface area contributed by atoms with E-state index in [0.29, 0.717) is 17.7 Å². The van der Waals surface area contributed by atoms with Gasteiger partial charge in [-0.25, -0.2) is 9.48 Å². The summed E-state index contributed by atoms with van der Waals surface area (Å²) in [6.07, 6.45) is 3.92. The molecule has 5 nitrogen and oxygen atoms in total. The van der Waals surface area contributed by atoms with Gasteiger partial charge in [0.2, 0.25) is 23.7 Å². The fourth-order valence-corrected chi connectivity index (χ4v) is 4.42. The van der Waals surface area contributed by atoms with Gasteiger partial charge in [0.25, 0.3) is 5.84 Å². The molecule has 2 aromatic rings. The molecule has 0 aromatic heterocycles. The van der Waals surface area contributed by atoms with Gasteiger partial charge in [0.15, 0.2) is 0 Å². The minimum absolute atomic E-state index is 0. The zero-order valence-corrected chi connectivity index (χ0v) is 19.4. The number of carbonyl (C=O) groups is 2. The Morgan fingerprint density at radius 2 is 1.60 bits per heavy atom. The summed E-state index contributed by atoms with van der Waals surface area (Å²) >= 11 is 0. The van der Waals surface area contributed by atoms with E-state index >= 15 is 0 Å². The number of amidine groups is 1. The van der Waals surface area contributed by atoms with Crippen molar-refractivity contribution in [3.63, 3.8) is 0 Å². The average Bonchev–Trinajstić information content (AvgIpc) is 3.06. The van der Waals surface area contributed by atoms with Gasteiger partial charge < -0.3 is 29.1 Å². The van der Waals surface area contributed by atoms with Crippen LogP contribution in [0.15, 0.2) is 54.6 Å². The van der Waals surface area contributed by atoms with E-state index in [2.05, 4.69) is 4.90 Å². The van der Waals surface area contributed by atoms with Crippen molar-refractivity contribution in [3.8, 4) is 5.75 Å². The van der Waals surface area contributed by atoms with Crippen LogP contribution in [0.2, 0.25) is 0 Å². The molecule has 156 valence electrons. The van der Waals surface area contributed by atoms with Crippen molar-refractivity contribution in [1.29, 1.82) is 0 Å². The molecule has 2 aliphatic rings. The van der Waals surface area contributed by atoms with Crippen LogP contribution < -0.4 is 24.0 Å². The molecule has 0 spiro atoms. The first-order valence-corrected chi connectivity index (χ1v) is 10.0. The highest BCUT2D eigenvalue weighted by Gasteiger charge is 2.58. The van der Waals surface area contributed by atoms with Gasteiger partial charge in [0.05, 0.1) is 12.6 Å². The first-order chi connectivity index (χ1) is 13.9. The second-order valence-electron chi connectivity index (χ2n) is 7.73. The number of fused-ring (bicyclic) bond motifs is 2. The molecule has 0 saturated carbocycles. The number of halogens is 1. The normalized spacial score (nSPS) is 20.6. The van der Waals surface area contributed by atoms with Gasteiger partial charge >= 0.3 is 0 Å². The maximum atomic E-state index is 13.4. The summed E-state index contributed by atoms with van der Waals surface area (Å²) in [6, 6.07) is 13.1. The predicted octanol–water partition coefficient (Wildman–Crippen LogP) is 0.381. The molecule has 6 heteroatoms. The number of phenols is 1. The Morgan fingerprint density at radius 1 is 1.00 bits per heavy atom. The molecular formula is C24H25IN2O3. The molecule has 0 radical (unpaired) electrons. The number of rotatable bonds is 4. The van der Waals surface area contributed by atoms with E-state index in [0.717, 1.165) is 11.4 Å². The van der Waals surface area contributed by atoms with Crippen LogP contribution in [-0.4, -0.2) is 56.7 Å². The molecule has 4 rings (SSSR count). The standard InChI is InChI=1S/C24H24N2O3.HI/c1-4-25-20(14-11-16-9-12-17(27)13-10-16)26(15(2)3)22-21(25)23(28)18-7-5-6-8-19(18)24(22)29;/h5-15,21-22H,4H2,1-3H3;1H. The van der Waals surface area contributed by atoms with E-state index in [-0.39, 0.29) is 47.3 Å². The van der Waals surface area contributed by atoms with E-state index < -0.39 is 12.1 Å². The Hall–Kier alpha value is -2.48. The summed E-state index contributed by atoms with van der Waals surface area (Å²) in [5, 5.41) is 9.50. The van der Waals surface area contributed by atoms with Crippen LogP contribution >= 0.6 is 0 Å². The van der Waals surface area contributed by atoms with Gasteiger partial charge in [-0.05, 0) is 44.5 Å². The average molecular weight is 516 g/mol. The maximum absolute atomic E-state index is 13.4. The van der Waals surface area contributed by atoms with Crippen LogP contribution in [-0.2, 0) is 0 Å². The first-order valence-electron chi connectivity index (χ1n) is 10.0. The Balaban J connectivity index is 0.00000256. The lowest BCUT2D eigenvalue weighted by Crippen LogP contribution is -3.00. The van der Waals surface area contributed by atoms with Crippen molar-refractivity contribution in [2.45, 2.75) is 38.9 Å². The maximum Gasteiger partial charge on any atom is 0.273 e. The topological polar surface area (TPSA) is 60.6 Å². The van der Waals surface area contributed by atoms with Gasteiger partial charge in [-0.2, -0.15) is 0 Å². The number of Topliss-reactive ketones (excluding diaryl/α,β-unsaturated/α-hetero) is 2. The number of aromatic hydroxyl groups is 1. The van der Waals surface area contributed by atoms with Crippen LogP contribution in [0.3, 0.4) is 0 Å². The van der Waals surface area contributed by atoms with E-state index in [1.165, 1.54) is 0 Å². The molecule has 1 aliphatic carbocycles. The molecule has 0 saturated heterocycles. The molecule has 1 heterocycles. The van der Waals surface area contributed by atoms with Crippen molar-refractivity contribution < 1.29 is 43.2 Å². The van der Waals surface area contributed by atoms with Crippen molar-refractivity contribution in [1.82, 2.24) is 4.90 Å². The Labute approximate surface area is 193 Å². The van der Waals surface area contributed by atoms with Gasteiger partial charge in [0, 0.05) is 17.2 Å². The summed E-state index contributed by atoms with van der Waals surface area (Å²) in [6.45, 7) is 6.72. The Bertz CT molecular complexity index is 1040. The predicted molar refractivity (Wildman–Crippen MR) is 113 cm³/mol. The summed E-state index contributed by atoms with van der Waals surface area (Å²) in [7, 11) is 0. The third kappa shape index (κ3) is 3.57. The van der Waals surface area contributed by atoms with Crippen LogP contribution in [0.4, 0.5) is 0 Å². The smallest absolute Gasteiger partial charge is 0.273 e. The van der Waals surface area contributed by atoms with Crippen LogP contribution in [0, 0.1) is 0 Å². The van der Waals surface area contributed by atoms with Gasteiger partial charge in [0.1, 0.15) is 5.75 Å². The van der Waals surface area contributed by atoms with E-state index in [4.69, 9.17) is 0 Å². The molecule has 2 unspecified atom stereocenters. The lowest BCUT2D eigenvalue weighted by Gasteiger charge is -2.28. The highest BCUT2D eigenvalue weighted by atomic mass is 127. The molecule has 0 amide bonds. The fraction of sp³-hybridized carbons (Fsp3) is 0.292. The third-order valence-electron chi connectivity index (χ3n) is 5.70. The zero-order chi connectivity index (χ0) is 20.7.